The van der Waals surface area contributed by atoms with E-state index in [-0.39, 0.29) is 29.4 Å². The molecule has 3 rings (SSSR count). The molecule has 0 radical (unpaired) electrons. The molecular weight excluding hydrogens is 426 g/mol. The summed E-state index contributed by atoms with van der Waals surface area (Å²) in [6.45, 7) is 4.05. The minimum absolute atomic E-state index is 0.0687. The van der Waals surface area contributed by atoms with E-state index in [9.17, 15) is 18.0 Å². The molecule has 2 unspecified atom stereocenters. The predicted octanol–water partition coefficient (Wildman–Crippen LogP) is 1.82. The summed E-state index contributed by atoms with van der Waals surface area (Å²) >= 11 is 1.75. The molecule has 8 nitrogen and oxygen atoms in total. The van der Waals surface area contributed by atoms with Gasteiger partial charge in [0.1, 0.15) is 5.58 Å². The van der Waals surface area contributed by atoms with E-state index >= 15 is 0 Å². The second-order valence-corrected chi connectivity index (χ2v) is 10.4. The van der Waals surface area contributed by atoms with Crippen LogP contribution in [0.3, 0.4) is 0 Å². The third-order valence-corrected chi connectivity index (χ3v) is 7.59. The van der Waals surface area contributed by atoms with Crippen molar-refractivity contribution in [2.24, 2.45) is 0 Å². The normalized spacial score (nSPS) is 18.3. The molecule has 1 fully saturated rings. The lowest BCUT2D eigenvalue weighted by atomic mass is 10.1. The molecule has 1 aliphatic heterocycles. The summed E-state index contributed by atoms with van der Waals surface area (Å²) in [7, 11) is -3.46. The molecule has 2 heterocycles. The zero-order chi connectivity index (χ0) is 21.7. The van der Waals surface area contributed by atoms with E-state index in [1.54, 1.807) is 29.7 Å². The first-order valence-electron chi connectivity index (χ1n) is 9.95. The van der Waals surface area contributed by atoms with Crippen LogP contribution < -0.4 is 10.0 Å². The Labute approximate surface area is 180 Å². The van der Waals surface area contributed by atoms with Gasteiger partial charge in [-0.15, -0.1) is 0 Å². The molecule has 1 aromatic carbocycles. The molecule has 0 aliphatic carbocycles. The molecule has 30 heavy (non-hydrogen) atoms. The monoisotopic (exact) mass is 453 g/mol. The second-order valence-electron chi connectivity index (χ2n) is 7.20. The molecule has 2 atom stereocenters. The Bertz CT molecular complexity index is 972. The molecule has 2 N–H and O–H groups in total. The Morgan fingerprint density at radius 3 is 2.83 bits per heavy atom. The number of amides is 2. The van der Waals surface area contributed by atoms with Crippen molar-refractivity contribution in [3.05, 3.63) is 36.1 Å². The van der Waals surface area contributed by atoms with E-state index in [4.69, 9.17) is 4.42 Å². The van der Waals surface area contributed by atoms with Crippen LogP contribution in [0.25, 0.3) is 11.0 Å². The summed E-state index contributed by atoms with van der Waals surface area (Å²) in [5, 5.41) is 3.72. The largest absolute Gasteiger partial charge is 0.451 e. The zero-order valence-corrected chi connectivity index (χ0v) is 18.7. The summed E-state index contributed by atoms with van der Waals surface area (Å²) in [4.78, 5) is 26.9. The van der Waals surface area contributed by atoms with Crippen LogP contribution in [-0.2, 0) is 14.8 Å². The van der Waals surface area contributed by atoms with E-state index in [2.05, 4.69) is 10.0 Å². The summed E-state index contributed by atoms with van der Waals surface area (Å²) < 4.78 is 31.6. The molecule has 0 saturated carbocycles. The maximum absolute atomic E-state index is 12.8. The van der Waals surface area contributed by atoms with Crippen molar-refractivity contribution in [2.45, 2.75) is 32.4 Å². The third kappa shape index (κ3) is 5.55. The van der Waals surface area contributed by atoms with Gasteiger partial charge in [-0.1, -0.05) is 18.2 Å². The number of thioether (sulfide) groups is 1. The van der Waals surface area contributed by atoms with E-state index in [0.29, 0.717) is 25.1 Å². The molecule has 1 aromatic heterocycles. The first kappa shape index (κ1) is 22.6. The number of furan rings is 1. The topological polar surface area (TPSA) is 109 Å². The van der Waals surface area contributed by atoms with Gasteiger partial charge in [0.2, 0.25) is 15.9 Å². The highest BCUT2D eigenvalue weighted by molar-refractivity contribution is 7.99. The number of rotatable bonds is 8. The lowest BCUT2D eigenvalue weighted by Crippen LogP contribution is -2.54. The number of carbonyl (C=O) groups excluding carboxylic acids is 2. The molecule has 1 aliphatic rings. The van der Waals surface area contributed by atoms with Crippen molar-refractivity contribution in [3.8, 4) is 0 Å². The Morgan fingerprint density at radius 2 is 2.10 bits per heavy atom. The lowest BCUT2D eigenvalue weighted by Gasteiger charge is -2.37. The van der Waals surface area contributed by atoms with E-state index in [1.165, 1.54) is 6.92 Å². The summed E-state index contributed by atoms with van der Waals surface area (Å²) in [5.41, 5.74) is 0.659. The van der Waals surface area contributed by atoms with Crippen LogP contribution in [0.2, 0.25) is 0 Å². The fourth-order valence-electron chi connectivity index (χ4n) is 3.37. The minimum Gasteiger partial charge on any atom is -0.451 e. The molecule has 0 bridgehead atoms. The number of para-hydroxylation sites is 1. The van der Waals surface area contributed by atoms with Crippen LogP contribution in [0.5, 0.6) is 0 Å². The quantitative estimate of drug-likeness (QED) is 0.631. The average Bonchev–Trinajstić information content (AvgIpc) is 3.17. The molecule has 2 aromatic rings. The number of sulfonamides is 1. The molecule has 10 heteroatoms. The maximum Gasteiger partial charge on any atom is 0.287 e. The predicted molar refractivity (Wildman–Crippen MR) is 118 cm³/mol. The number of nitrogens with one attached hydrogen (secondary N) is 2. The van der Waals surface area contributed by atoms with Crippen LogP contribution in [0, 0.1) is 0 Å². The van der Waals surface area contributed by atoms with Crippen LogP contribution in [0.15, 0.2) is 34.7 Å². The highest BCUT2D eigenvalue weighted by atomic mass is 32.2. The molecular formula is C20H27N3O5S2. The average molecular weight is 454 g/mol. The fraction of sp³-hybridized carbons (Fsp3) is 0.500. The number of fused-ring (bicyclic) bond motifs is 1. The maximum atomic E-state index is 12.8. The zero-order valence-electron chi connectivity index (χ0n) is 17.1. The Hall–Kier alpha value is -2.04. The third-order valence-electron chi connectivity index (χ3n) is 5.03. The highest BCUT2D eigenvalue weighted by Crippen LogP contribution is 2.21. The van der Waals surface area contributed by atoms with Gasteiger partial charge in [0.15, 0.2) is 5.76 Å². The molecule has 164 valence electrons. The standard InChI is InChI=1S/C20H27N3O5S2/c1-3-30(26,27)22-14(2)20(25)23-10-11-29-13-16(23)8-9-21-19(24)18-12-15-6-4-5-7-17(15)28-18/h4-7,12,14,16,22H,3,8-11,13H2,1-2H3,(H,21,24). The lowest BCUT2D eigenvalue weighted by molar-refractivity contribution is -0.134. The number of carbonyl (C=O) groups is 2. The van der Waals surface area contributed by atoms with Gasteiger partial charge in [0, 0.05) is 36.0 Å². The minimum atomic E-state index is -3.46. The fourth-order valence-corrected chi connectivity index (χ4v) is 5.29. The number of benzene rings is 1. The van der Waals surface area contributed by atoms with Crippen molar-refractivity contribution < 1.29 is 22.4 Å². The van der Waals surface area contributed by atoms with Crippen molar-refractivity contribution in [3.63, 3.8) is 0 Å². The van der Waals surface area contributed by atoms with Crippen LogP contribution in [0.4, 0.5) is 0 Å². The molecule has 2 amide bonds. The number of hydrogen-bond donors (Lipinski definition) is 2. The number of nitrogens with zero attached hydrogens (tertiary/aromatic N) is 1. The SMILES string of the molecule is CCS(=O)(=O)NC(C)C(=O)N1CCSCC1CCNC(=O)c1cc2ccccc2o1. The first-order chi connectivity index (χ1) is 14.3. The first-order valence-corrected chi connectivity index (χ1v) is 12.8. The van der Waals surface area contributed by atoms with Gasteiger partial charge in [-0.25, -0.2) is 13.1 Å². The second kappa shape index (κ2) is 9.84. The van der Waals surface area contributed by atoms with Gasteiger partial charge >= 0.3 is 0 Å². The Balaban J connectivity index is 1.56. The number of hydrogen-bond acceptors (Lipinski definition) is 6. The van der Waals surface area contributed by atoms with Gasteiger partial charge < -0.3 is 14.6 Å². The van der Waals surface area contributed by atoms with Gasteiger partial charge in [-0.2, -0.15) is 11.8 Å². The van der Waals surface area contributed by atoms with Gasteiger partial charge in [-0.3, -0.25) is 9.59 Å². The highest BCUT2D eigenvalue weighted by Gasteiger charge is 2.31. The van der Waals surface area contributed by atoms with Crippen molar-refractivity contribution in [2.75, 3.05) is 30.3 Å². The van der Waals surface area contributed by atoms with Crippen molar-refractivity contribution in [1.82, 2.24) is 14.9 Å². The molecule has 0 spiro atoms. The van der Waals surface area contributed by atoms with E-state index in [1.807, 2.05) is 24.3 Å². The van der Waals surface area contributed by atoms with Gasteiger partial charge in [-0.05, 0) is 32.4 Å². The Morgan fingerprint density at radius 1 is 1.33 bits per heavy atom. The van der Waals surface area contributed by atoms with E-state index < -0.39 is 16.1 Å². The summed E-state index contributed by atoms with van der Waals surface area (Å²) in [6.07, 6.45) is 0.581. The van der Waals surface area contributed by atoms with Crippen LogP contribution in [-0.4, -0.2) is 67.6 Å². The smallest absolute Gasteiger partial charge is 0.287 e. The summed E-state index contributed by atoms with van der Waals surface area (Å²) in [6, 6.07) is 8.24. The van der Waals surface area contributed by atoms with E-state index in [0.717, 1.165) is 16.9 Å². The van der Waals surface area contributed by atoms with Gasteiger partial charge in [0.05, 0.1) is 11.8 Å². The summed E-state index contributed by atoms with van der Waals surface area (Å²) in [5.74, 6) is 1.21. The van der Waals surface area contributed by atoms with Crippen LogP contribution >= 0.6 is 11.8 Å². The molecule has 1 saturated heterocycles. The van der Waals surface area contributed by atoms with Crippen molar-refractivity contribution >= 4 is 44.6 Å². The Kier molecular flexibility index (Phi) is 7.43. The van der Waals surface area contributed by atoms with Crippen LogP contribution in [0.1, 0.15) is 30.8 Å². The van der Waals surface area contributed by atoms with Gasteiger partial charge in [0.25, 0.3) is 5.91 Å². The van der Waals surface area contributed by atoms with Crippen molar-refractivity contribution in [1.29, 1.82) is 0 Å².